The second kappa shape index (κ2) is 7.98. The number of hydrogen-bond acceptors (Lipinski definition) is 4. The van der Waals surface area contributed by atoms with Crippen molar-refractivity contribution >= 4 is 11.9 Å². The van der Waals surface area contributed by atoms with Crippen molar-refractivity contribution in [3.63, 3.8) is 0 Å². The Hall–Kier alpha value is -3.29. The lowest BCUT2D eigenvalue weighted by Gasteiger charge is -2.34. The number of methoxy groups -OCH3 is 1. The molecule has 0 bridgehead atoms. The molecule has 5 nitrogen and oxygen atoms in total. The van der Waals surface area contributed by atoms with Gasteiger partial charge in [0.2, 0.25) is 5.91 Å². The molecule has 1 atom stereocenters. The van der Waals surface area contributed by atoms with Gasteiger partial charge in [-0.05, 0) is 53.6 Å². The predicted octanol–water partition coefficient (Wildman–Crippen LogP) is 4.11. The zero-order valence-corrected chi connectivity index (χ0v) is 15.5. The summed E-state index contributed by atoms with van der Waals surface area (Å²) in [5, 5.41) is 0. The molecule has 1 aliphatic heterocycles. The zero-order valence-electron chi connectivity index (χ0n) is 15.5. The Morgan fingerprint density at radius 2 is 1.76 bits per heavy atom. The van der Waals surface area contributed by atoms with E-state index in [9.17, 15) is 22.8 Å². The van der Waals surface area contributed by atoms with Crippen LogP contribution in [0.4, 0.5) is 13.2 Å². The molecule has 0 spiro atoms. The van der Waals surface area contributed by atoms with Gasteiger partial charge in [-0.25, -0.2) is 4.79 Å². The highest BCUT2D eigenvalue weighted by Crippen LogP contribution is 2.33. The topological polar surface area (TPSA) is 55.8 Å². The van der Waals surface area contributed by atoms with Gasteiger partial charge in [-0.3, -0.25) is 4.79 Å². The van der Waals surface area contributed by atoms with Gasteiger partial charge in [-0.2, -0.15) is 13.2 Å². The van der Waals surface area contributed by atoms with E-state index in [4.69, 9.17) is 9.47 Å². The van der Waals surface area contributed by atoms with Gasteiger partial charge < -0.3 is 14.4 Å². The van der Waals surface area contributed by atoms with Crippen molar-refractivity contribution in [2.45, 2.75) is 25.2 Å². The van der Waals surface area contributed by atoms with Gasteiger partial charge in [-0.1, -0.05) is 12.6 Å². The van der Waals surface area contributed by atoms with Crippen LogP contribution in [-0.4, -0.2) is 29.9 Å². The van der Waals surface area contributed by atoms with Crippen molar-refractivity contribution in [2.24, 2.45) is 0 Å². The van der Waals surface area contributed by atoms with Crippen molar-refractivity contribution in [3.8, 4) is 11.5 Å². The van der Waals surface area contributed by atoms with Crippen LogP contribution in [0.5, 0.6) is 11.5 Å². The molecule has 0 unspecified atom stereocenters. The minimum absolute atomic E-state index is 0.157. The van der Waals surface area contributed by atoms with Gasteiger partial charge in [0.05, 0.1) is 12.7 Å². The molecule has 0 radical (unpaired) electrons. The molecule has 29 heavy (non-hydrogen) atoms. The van der Waals surface area contributed by atoms with Crippen molar-refractivity contribution in [3.05, 3.63) is 71.8 Å². The predicted molar refractivity (Wildman–Crippen MR) is 98.2 cm³/mol. The summed E-state index contributed by atoms with van der Waals surface area (Å²) in [5.41, 5.74) is 0.862. The summed E-state index contributed by atoms with van der Waals surface area (Å²) < 4.78 is 48.4. The fourth-order valence-electron chi connectivity index (χ4n) is 3.17. The Morgan fingerprint density at radius 1 is 1.10 bits per heavy atom. The molecule has 1 aliphatic rings. The normalized spacial score (nSPS) is 16.0. The maximum absolute atomic E-state index is 12.7. The average Bonchev–Trinajstić information content (AvgIpc) is 2.71. The number of rotatable bonds is 4. The molecule has 2 aromatic rings. The van der Waals surface area contributed by atoms with Gasteiger partial charge in [0.1, 0.15) is 17.5 Å². The Morgan fingerprint density at radius 3 is 2.34 bits per heavy atom. The SMILES string of the molecule is C=CC(=O)N1Cc2cc(Oc3ccc(C(F)(F)F)cc3)ccc2C[C@H]1C(=O)OC. The molecular formula is C21H18F3NO4. The number of halogens is 3. The number of alkyl halides is 3. The Kier molecular flexibility index (Phi) is 5.63. The fraction of sp³-hybridized carbons (Fsp3) is 0.238. The van der Waals surface area contributed by atoms with E-state index in [1.54, 1.807) is 18.2 Å². The van der Waals surface area contributed by atoms with Gasteiger partial charge in [0.15, 0.2) is 0 Å². The minimum atomic E-state index is -4.42. The second-order valence-electron chi connectivity index (χ2n) is 6.47. The standard InChI is InChI=1S/C21H18F3NO4/c1-3-19(26)25-12-14-10-17(7-4-13(14)11-18(25)20(27)28-2)29-16-8-5-15(6-9-16)21(22,23)24/h3-10,18H,1,11-12H2,2H3/t18-/m0/s1. The molecule has 0 N–H and O–H groups in total. The number of fused-ring (bicyclic) bond motifs is 1. The summed E-state index contributed by atoms with van der Waals surface area (Å²) >= 11 is 0. The Balaban J connectivity index is 1.83. The third-order valence-corrected chi connectivity index (χ3v) is 4.66. The first-order chi connectivity index (χ1) is 13.7. The summed E-state index contributed by atoms with van der Waals surface area (Å²) in [4.78, 5) is 25.6. The van der Waals surface area contributed by atoms with E-state index in [1.807, 2.05) is 0 Å². The number of carbonyl (C=O) groups is 2. The summed E-state index contributed by atoms with van der Waals surface area (Å²) in [5.74, 6) is -0.262. The lowest BCUT2D eigenvalue weighted by molar-refractivity contribution is -0.152. The average molecular weight is 405 g/mol. The summed E-state index contributed by atoms with van der Waals surface area (Å²) in [6.07, 6.45) is -3.01. The molecule has 0 saturated carbocycles. The fourth-order valence-corrected chi connectivity index (χ4v) is 3.17. The number of hydrogen-bond donors (Lipinski definition) is 0. The molecule has 0 saturated heterocycles. The van der Waals surface area contributed by atoms with E-state index >= 15 is 0 Å². The van der Waals surface area contributed by atoms with E-state index in [0.29, 0.717) is 5.75 Å². The smallest absolute Gasteiger partial charge is 0.416 e. The lowest BCUT2D eigenvalue weighted by Crippen LogP contribution is -2.48. The molecule has 0 aromatic heterocycles. The highest BCUT2D eigenvalue weighted by atomic mass is 19.4. The van der Waals surface area contributed by atoms with E-state index in [1.165, 1.54) is 24.1 Å². The molecule has 2 aromatic carbocycles. The largest absolute Gasteiger partial charge is 0.467 e. The Labute approximate surface area is 165 Å². The lowest BCUT2D eigenvalue weighted by atomic mass is 9.93. The summed E-state index contributed by atoms with van der Waals surface area (Å²) in [6.45, 7) is 3.62. The first kappa shape index (κ1) is 20.4. The third-order valence-electron chi connectivity index (χ3n) is 4.66. The molecule has 0 fully saturated rings. The summed E-state index contributed by atoms with van der Waals surface area (Å²) in [7, 11) is 1.26. The molecule has 1 heterocycles. The number of esters is 1. The van der Waals surface area contributed by atoms with Crippen LogP contribution in [0.25, 0.3) is 0 Å². The van der Waals surface area contributed by atoms with Crippen molar-refractivity contribution in [1.29, 1.82) is 0 Å². The summed E-state index contributed by atoms with van der Waals surface area (Å²) in [6, 6.07) is 8.74. The number of amides is 1. The monoisotopic (exact) mass is 405 g/mol. The molecule has 0 aliphatic carbocycles. The molecule has 3 rings (SSSR count). The third kappa shape index (κ3) is 4.42. The van der Waals surface area contributed by atoms with E-state index in [0.717, 1.165) is 29.3 Å². The van der Waals surface area contributed by atoms with E-state index < -0.39 is 29.7 Å². The molecule has 8 heteroatoms. The van der Waals surface area contributed by atoms with Crippen LogP contribution in [0.2, 0.25) is 0 Å². The highest BCUT2D eigenvalue weighted by molar-refractivity contribution is 5.91. The van der Waals surface area contributed by atoms with E-state index in [-0.39, 0.29) is 18.7 Å². The molecular weight excluding hydrogens is 387 g/mol. The number of benzene rings is 2. The number of carbonyl (C=O) groups excluding carboxylic acids is 2. The van der Waals surface area contributed by atoms with Gasteiger partial charge >= 0.3 is 12.1 Å². The molecule has 1 amide bonds. The molecule has 152 valence electrons. The zero-order chi connectivity index (χ0) is 21.2. The second-order valence-corrected chi connectivity index (χ2v) is 6.47. The van der Waals surface area contributed by atoms with Crippen LogP contribution in [0.3, 0.4) is 0 Å². The van der Waals surface area contributed by atoms with Gasteiger partial charge in [0.25, 0.3) is 0 Å². The van der Waals surface area contributed by atoms with Crippen LogP contribution in [-0.2, 0) is 33.5 Å². The maximum Gasteiger partial charge on any atom is 0.416 e. The number of ether oxygens (including phenoxy) is 2. The van der Waals surface area contributed by atoms with Crippen LogP contribution in [0.15, 0.2) is 55.1 Å². The highest BCUT2D eigenvalue weighted by Gasteiger charge is 2.34. The quantitative estimate of drug-likeness (QED) is 0.568. The Bertz CT molecular complexity index is 938. The number of nitrogens with zero attached hydrogens (tertiary/aromatic N) is 1. The van der Waals surface area contributed by atoms with Crippen LogP contribution in [0.1, 0.15) is 16.7 Å². The van der Waals surface area contributed by atoms with Crippen LogP contribution in [0, 0.1) is 0 Å². The van der Waals surface area contributed by atoms with Crippen LogP contribution >= 0.6 is 0 Å². The first-order valence-electron chi connectivity index (χ1n) is 8.70. The minimum Gasteiger partial charge on any atom is -0.467 e. The van der Waals surface area contributed by atoms with Gasteiger partial charge in [0, 0.05) is 13.0 Å². The first-order valence-corrected chi connectivity index (χ1v) is 8.70. The van der Waals surface area contributed by atoms with Crippen molar-refractivity contribution in [1.82, 2.24) is 4.90 Å². The van der Waals surface area contributed by atoms with Crippen LogP contribution < -0.4 is 4.74 Å². The van der Waals surface area contributed by atoms with Gasteiger partial charge in [-0.15, -0.1) is 0 Å². The maximum atomic E-state index is 12.7. The van der Waals surface area contributed by atoms with Crippen molar-refractivity contribution < 1.29 is 32.2 Å². The van der Waals surface area contributed by atoms with Crippen molar-refractivity contribution in [2.75, 3.05) is 7.11 Å². The van der Waals surface area contributed by atoms with E-state index in [2.05, 4.69) is 6.58 Å².